The van der Waals surface area contributed by atoms with Gasteiger partial charge in [-0.3, -0.25) is 14.3 Å². The van der Waals surface area contributed by atoms with Gasteiger partial charge >= 0.3 is 5.97 Å². The van der Waals surface area contributed by atoms with Gasteiger partial charge in [-0.05, 0) is 30.5 Å². The number of hydrogen-bond acceptors (Lipinski definition) is 6. The summed E-state index contributed by atoms with van der Waals surface area (Å²) in [6, 6.07) is 8.03. The third-order valence-electron chi connectivity index (χ3n) is 4.07. The minimum atomic E-state index is -1.10. The molecular formula is C18H13N3O3S2. The first-order valence-corrected chi connectivity index (χ1v) is 9.55. The molecule has 26 heavy (non-hydrogen) atoms. The number of thiophene rings is 2. The molecule has 4 aromatic rings. The monoisotopic (exact) mass is 383 g/mol. The molecule has 0 amide bonds. The highest BCUT2D eigenvalue weighted by Gasteiger charge is 2.25. The van der Waals surface area contributed by atoms with E-state index in [0.29, 0.717) is 15.9 Å². The second-order valence-electron chi connectivity index (χ2n) is 5.65. The van der Waals surface area contributed by atoms with Crippen LogP contribution in [0, 0.1) is 0 Å². The van der Waals surface area contributed by atoms with Crippen molar-refractivity contribution in [2.24, 2.45) is 0 Å². The number of nitrogens with zero attached hydrogens (tertiary/aromatic N) is 3. The van der Waals surface area contributed by atoms with Crippen LogP contribution in [0.5, 0.6) is 0 Å². The summed E-state index contributed by atoms with van der Waals surface area (Å²) in [5.41, 5.74) is 0.886. The summed E-state index contributed by atoms with van der Waals surface area (Å²) in [7, 11) is 0. The molecule has 0 radical (unpaired) electrons. The Kier molecular flexibility index (Phi) is 4.14. The number of hydrogen-bond donors (Lipinski definition) is 1. The van der Waals surface area contributed by atoms with Gasteiger partial charge in [-0.25, -0.2) is 9.78 Å². The molecule has 0 fully saturated rings. The highest BCUT2D eigenvalue weighted by atomic mass is 32.1. The van der Waals surface area contributed by atoms with E-state index in [2.05, 4.69) is 9.97 Å². The van der Waals surface area contributed by atoms with Gasteiger partial charge in [-0.2, -0.15) is 0 Å². The van der Waals surface area contributed by atoms with E-state index in [1.165, 1.54) is 34.2 Å². The molecular weight excluding hydrogens is 370 g/mol. The molecule has 0 aliphatic rings. The van der Waals surface area contributed by atoms with Crippen LogP contribution in [0.15, 0.2) is 52.1 Å². The Morgan fingerprint density at radius 3 is 2.73 bits per heavy atom. The van der Waals surface area contributed by atoms with E-state index < -0.39 is 12.0 Å². The maximum absolute atomic E-state index is 13.3. The summed E-state index contributed by atoms with van der Waals surface area (Å²) in [6.07, 6.45) is 1.59. The SMILES string of the molecule is CC(C(=O)O)n1c(-c2ccccn2)nc2scc(-c3cccs3)c2c1=O. The van der Waals surface area contributed by atoms with Crippen LogP contribution >= 0.6 is 22.7 Å². The lowest BCUT2D eigenvalue weighted by atomic mass is 10.2. The number of fused-ring (bicyclic) bond motifs is 1. The second kappa shape index (κ2) is 6.47. The van der Waals surface area contributed by atoms with Gasteiger partial charge < -0.3 is 5.11 Å². The molecule has 6 nitrogen and oxygen atoms in total. The van der Waals surface area contributed by atoms with Crippen molar-refractivity contribution >= 4 is 38.9 Å². The summed E-state index contributed by atoms with van der Waals surface area (Å²) >= 11 is 2.90. The van der Waals surface area contributed by atoms with Gasteiger partial charge in [0.1, 0.15) is 16.6 Å². The van der Waals surface area contributed by atoms with Crippen molar-refractivity contribution in [3.63, 3.8) is 0 Å². The Bertz CT molecular complexity index is 1150. The normalized spacial score (nSPS) is 12.3. The predicted molar refractivity (Wildman–Crippen MR) is 103 cm³/mol. The molecule has 0 aromatic carbocycles. The van der Waals surface area contributed by atoms with E-state index >= 15 is 0 Å². The van der Waals surface area contributed by atoms with Gasteiger partial charge in [-0.1, -0.05) is 12.1 Å². The Hall–Kier alpha value is -2.84. The molecule has 4 rings (SSSR count). The number of carboxylic acid groups (broad SMARTS) is 1. The lowest BCUT2D eigenvalue weighted by molar-refractivity contribution is -0.140. The number of pyridine rings is 1. The fourth-order valence-electron chi connectivity index (χ4n) is 2.76. The van der Waals surface area contributed by atoms with Crippen LogP contribution in [0.2, 0.25) is 0 Å². The second-order valence-corrected chi connectivity index (χ2v) is 7.45. The fourth-order valence-corrected chi connectivity index (χ4v) is 4.51. The molecule has 130 valence electrons. The molecule has 0 aliphatic carbocycles. The van der Waals surface area contributed by atoms with Crippen LogP contribution in [0.1, 0.15) is 13.0 Å². The zero-order valence-electron chi connectivity index (χ0n) is 13.6. The minimum Gasteiger partial charge on any atom is -0.480 e. The van der Waals surface area contributed by atoms with Crippen molar-refractivity contribution in [2.45, 2.75) is 13.0 Å². The number of aromatic nitrogens is 3. The van der Waals surface area contributed by atoms with Crippen molar-refractivity contribution in [1.29, 1.82) is 0 Å². The fraction of sp³-hybridized carbons (Fsp3) is 0.111. The quantitative estimate of drug-likeness (QED) is 0.578. The van der Waals surface area contributed by atoms with Crippen molar-refractivity contribution in [1.82, 2.24) is 14.5 Å². The molecule has 1 N–H and O–H groups in total. The number of aliphatic carboxylic acids is 1. The lowest BCUT2D eigenvalue weighted by Crippen LogP contribution is -2.30. The van der Waals surface area contributed by atoms with E-state index in [0.717, 1.165) is 10.4 Å². The van der Waals surface area contributed by atoms with Gasteiger partial charge in [0.15, 0.2) is 5.82 Å². The van der Waals surface area contributed by atoms with E-state index in [1.54, 1.807) is 24.4 Å². The standard InChI is InChI=1S/C18H13N3O3S2/c1-10(18(23)24)21-15(12-5-2-3-7-19-12)20-16-14(17(21)22)11(9-26-16)13-6-4-8-25-13/h2-10H,1H3,(H,23,24). The maximum Gasteiger partial charge on any atom is 0.326 e. The lowest BCUT2D eigenvalue weighted by Gasteiger charge is -2.15. The van der Waals surface area contributed by atoms with Gasteiger partial charge in [0.2, 0.25) is 0 Å². The van der Waals surface area contributed by atoms with Crippen LogP contribution in [-0.4, -0.2) is 25.6 Å². The van der Waals surface area contributed by atoms with E-state index in [4.69, 9.17) is 0 Å². The highest BCUT2D eigenvalue weighted by Crippen LogP contribution is 2.35. The molecule has 0 saturated carbocycles. The van der Waals surface area contributed by atoms with Gasteiger partial charge in [0.25, 0.3) is 5.56 Å². The average Bonchev–Trinajstić information content (AvgIpc) is 3.31. The first kappa shape index (κ1) is 16.6. The number of carbonyl (C=O) groups is 1. The summed E-state index contributed by atoms with van der Waals surface area (Å²) in [5, 5.41) is 13.8. The van der Waals surface area contributed by atoms with Gasteiger partial charge in [0.05, 0.1) is 5.39 Å². The van der Waals surface area contributed by atoms with Gasteiger partial charge in [-0.15, -0.1) is 22.7 Å². The highest BCUT2D eigenvalue weighted by molar-refractivity contribution is 7.18. The molecule has 4 aromatic heterocycles. The Morgan fingerprint density at radius 1 is 1.23 bits per heavy atom. The number of carboxylic acids is 1. The Balaban J connectivity index is 2.08. The molecule has 0 aliphatic heterocycles. The van der Waals surface area contributed by atoms with E-state index in [1.807, 2.05) is 22.9 Å². The van der Waals surface area contributed by atoms with Crippen molar-refractivity contribution in [3.8, 4) is 22.0 Å². The van der Waals surface area contributed by atoms with Crippen LogP contribution < -0.4 is 5.56 Å². The molecule has 8 heteroatoms. The molecule has 4 heterocycles. The zero-order chi connectivity index (χ0) is 18.3. The van der Waals surface area contributed by atoms with Crippen molar-refractivity contribution in [3.05, 3.63) is 57.6 Å². The maximum atomic E-state index is 13.3. The van der Waals surface area contributed by atoms with Crippen LogP contribution in [-0.2, 0) is 4.79 Å². The third kappa shape index (κ3) is 2.63. The topological polar surface area (TPSA) is 85.1 Å². The van der Waals surface area contributed by atoms with Crippen LogP contribution in [0.4, 0.5) is 0 Å². The van der Waals surface area contributed by atoms with Gasteiger partial charge in [0, 0.05) is 22.0 Å². The Labute approximate surface area is 156 Å². The predicted octanol–water partition coefficient (Wildman–Crippen LogP) is 3.89. The molecule has 0 saturated heterocycles. The molecule has 0 spiro atoms. The van der Waals surface area contributed by atoms with Crippen molar-refractivity contribution < 1.29 is 9.90 Å². The first-order valence-electron chi connectivity index (χ1n) is 7.79. The van der Waals surface area contributed by atoms with E-state index in [9.17, 15) is 14.7 Å². The zero-order valence-corrected chi connectivity index (χ0v) is 15.3. The third-order valence-corrected chi connectivity index (χ3v) is 5.84. The summed E-state index contributed by atoms with van der Waals surface area (Å²) in [5.74, 6) is -0.837. The first-order chi connectivity index (χ1) is 12.6. The Morgan fingerprint density at radius 2 is 2.08 bits per heavy atom. The average molecular weight is 383 g/mol. The molecule has 0 bridgehead atoms. The summed E-state index contributed by atoms with van der Waals surface area (Å²) < 4.78 is 1.22. The van der Waals surface area contributed by atoms with Crippen LogP contribution in [0.3, 0.4) is 0 Å². The van der Waals surface area contributed by atoms with Crippen LogP contribution in [0.25, 0.3) is 32.2 Å². The van der Waals surface area contributed by atoms with Crippen molar-refractivity contribution in [2.75, 3.05) is 0 Å². The number of rotatable bonds is 4. The minimum absolute atomic E-state index is 0.262. The van der Waals surface area contributed by atoms with E-state index in [-0.39, 0.29) is 11.4 Å². The molecule has 1 atom stereocenters. The largest absolute Gasteiger partial charge is 0.480 e. The summed E-state index contributed by atoms with van der Waals surface area (Å²) in [6.45, 7) is 1.47. The molecule has 1 unspecified atom stereocenters. The smallest absolute Gasteiger partial charge is 0.326 e. The summed E-state index contributed by atoms with van der Waals surface area (Å²) in [4.78, 5) is 35.3.